The molecule has 200 valence electrons. The second kappa shape index (κ2) is 10.2. The maximum absolute atomic E-state index is 14.4. The fraction of sp³-hybridized carbons (Fsp3) is 0.536. The highest BCUT2D eigenvalue weighted by molar-refractivity contribution is 6.34. The highest BCUT2D eigenvalue weighted by Crippen LogP contribution is 2.65. The van der Waals surface area contributed by atoms with Crippen molar-refractivity contribution < 1.29 is 29.0 Å². The first-order chi connectivity index (χ1) is 17.6. The molecular weight excluding hydrogens is 496 g/mol. The second-order valence-electron chi connectivity index (χ2n) is 10.4. The van der Waals surface area contributed by atoms with E-state index in [0.29, 0.717) is 23.6 Å². The van der Waals surface area contributed by atoms with Crippen molar-refractivity contribution in [1.29, 1.82) is 0 Å². The molecule has 37 heavy (non-hydrogen) atoms. The van der Waals surface area contributed by atoms with Crippen LogP contribution in [0.4, 0.5) is 5.69 Å². The number of carbonyl (C=O) groups excluding carboxylic acids is 3. The fourth-order valence-corrected chi connectivity index (χ4v) is 6.70. The molecule has 3 aliphatic rings. The monoisotopic (exact) mass is 530 g/mol. The molecule has 3 aliphatic heterocycles. The van der Waals surface area contributed by atoms with Gasteiger partial charge in [0.05, 0.1) is 41.5 Å². The lowest BCUT2D eigenvalue weighted by Gasteiger charge is -2.38. The first kappa shape index (κ1) is 27.4. The number of hydrogen-bond donors (Lipinski definition) is 1. The van der Waals surface area contributed by atoms with Crippen LogP contribution in [0.15, 0.2) is 49.6 Å². The normalized spacial score (nSPS) is 32.7. The van der Waals surface area contributed by atoms with E-state index in [9.17, 15) is 19.5 Å². The molecular formula is C28H35ClN2O6. The number of nitrogens with zero attached hydrogens (tertiary/aromatic N) is 2. The molecule has 1 N–H and O–H groups in total. The summed E-state index contributed by atoms with van der Waals surface area (Å²) in [6.07, 6.45) is 4.13. The third-order valence-electron chi connectivity index (χ3n) is 8.27. The van der Waals surface area contributed by atoms with Crippen molar-refractivity contribution in [3.05, 3.63) is 54.6 Å². The number of amides is 2. The number of rotatable bonds is 10. The number of para-hydroxylation sites is 1. The van der Waals surface area contributed by atoms with Crippen molar-refractivity contribution >= 4 is 35.1 Å². The number of hydrogen-bond acceptors (Lipinski definition) is 6. The Labute approximate surface area is 222 Å². The Balaban J connectivity index is 1.83. The van der Waals surface area contributed by atoms with Crippen molar-refractivity contribution in [1.82, 2.24) is 4.90 Å². The van der Waals surface area contributed by atoms with Crippen molar-refractivity contribution in [2.45, 2.75) is 56.9 Å². The summed E-state index contributed by atoms with van der Waals surface area (Å²) < 4.78 is 12.2. The van der Waals surface area contributed by atoms with Crippen molar-refractivity contribution in [2.24, 2.45) is 17.8 Å². The standard InChI is InChI=1S/C28H35ClN2O6/c1-6-8-14-36-26(35)22-21-24(33)31(18(4)16-32)23(28(21)15-17(3)27(22,5)37-28)25(34)30(13-7-2)20-12-10-9-11-19(20)29/h6-7,9-12,17-18,21-23,32H,1-2,8,13-16H2,3-5H3/t17?,18-,21+,22-,23?,27+,28?/m1/s1. The van der Waals surface area contributed by atoms with Crippen molar-refractivity contribution in [3.8, 4) is 0 Å². The van der Waals surface area contributed by atoms with Crippen LogP contribution in [0.1, 0.15) is 33.6 Å². The van der Waals surface area contributed by atoms with Crippen LogP contribution >= 0.6 is 11.6 Å². The molecule has 1 spiro atoms. The van der Waals surface area contributed by atoms with Crippen LogP contribution in [-0.4, -0.2) is 70.8 Å². The summed E-state index contributed by atoms with van der Waals surface area (Å²) in [6, 6.07) is 5.20. The third kappa shape index (κ3) is 4.10. The molecule has 0 aromatic heterocycles. The average Bonchev–Trinajstić information content (AvgIpc) is 3.39. The van der Waals surface area contributed by atoms with Gasteiger partial charge in [-0.3, -0.25) is 14.4 Å². The Morgan fingerprint density at radius 2 is 2.05 bits per heavy atom. The van der Waals surface area contributed by atoms with Gasteiger partial charge in [-0.2, -0.15) is 0 Å². The maximum atomic E-state index is 14.4. The molecule has 1 aromatic rings. The Bertz CT molecular complexity index is 1110. The summed E-state index contributed by atoms with van der Waals surface area (Å²) in [5.74, 6) is -3.23. The number of aliphatic hydroxyl groups is 1. The minimum Gasteiger partial charge on any atom is -0.465 e. The van der Waals surface area contributed by atoms with E-state index in [0.717, 1.165) is 0 Å². The van der Waals surface area contributed by atoms with Crippen LogP contribution < -0.4 is 4.90 Å². The zero-order valence-electron chi connectivity index (χ0n) is 21.6. The number of esters is 1. The molecule has 7 atom stereocenters. The van der Waals surface area contributed by atoms with Crippen LogP contribution in [-0.2, 0) is 23.9 Å². The first-order valence-electron chi connectivity index (χ1n) is 12.7. The number of carbonyl (C=O) groups is 3. The Morgan fingerprint density at radius 1 is 1.35 bits per heavy atom. The number of likely N-dealkylation sites (tertiary alicyclic amines) is 1. The lowest BCUT2D eigenvalue weighted by molar-refractivity contribution is -0.162. The predicted octanol–water partition coefficient (Wildman–Crippen LogP) is 3.37. The summed E-state index contributed by atoms with van der Waals surface area (Å²) in [6.45, 7) is 12.9. The largest absolute Gasteiger partial charge is 0.465 e. The van der Waals surface area contributed by atoms with E-state index in [1.54, 1.807) is 43.3 Å². The Hall–Kier alpha value is -2.68. The minimum atomic E-state index is -1.26. The summed E-state index contributed by atoms with van der Waals surface area (Å²) in [7, 11) is 0. The van der Waals surface area contributed by atoms with Gasteiger partial charge in [-0.05, 0) is 44.7 Å². The van der Waals surface area contributed by atoms with Gasteiger partial charge in [0.25, 0.3) is 5.91 Å². The molecule has 9 heteroatoms. The van der Waals surface area contributed by atoms with Gasteiger partial charge in [-0.15, -0.1) is 13.2 Å². The molecule has 3 unspecified atom stereocenters. The molecule has 0 radical (unpaired) electrons. The van der Waals surface area contributed by atoms with E-state index in [1.165, 1.54) is 9.80 Å². The van der Waals surface area contributed by atoms with Gasteiger partial charge in [0.1, 0.15) is 17.6 Å². The number of ether oxygens (including phenoxy) is 2. The molecule has 4 rings (SSSR count). The number of anilines is 1. The Morgan fingerprint density at radius 3 is 2.68 bits per heavy atom. The fourth-order valence-electron chi connectivity index (χ4n) is 6.46. The van der Waals surface area contributed by atoms with E-state index < -0.39 is 47.0 Å². The zero-order chi connectivity index (χ0) is 27.1. The summed E-state index contributed by atoms with van der Waals surface area (Å²) >= 11 is 6.47. The SMILES string of the molecule is C=CCCOC(=O)[C@H]1[C@H]2C(=O)N([C@H](C)CO)C(C(=O)N(CC=C)c3ccccc3Cl)C23CC(C)[C@]1(C)O3. The van der Waals surface area contributed by atoms with Gasteiger partial charge in [0.2, 0.25) is 5.91 Å². The van der Waals surface area contributed by atoms with Crippen LogP contribution in [0.2, 0.25) is 5.02 Å². The summed E-state index contributed by atoms with van der Waals surface area (Å²) in [5.41, 5.74) is -1.76. The van der Waals surface area contributed by atoms with E-state index in [-0.39, 0.29) is 31.6 Å². The average molecular weight is 531 g/mol. The van der Waals surface area contributed by atoms with Gasteiger partial charge in [0, 0.05) is 6.54 Å². The lowest BCUT2D eigenvalue weighted by atomic mass is 9.62. The highest BCUT2D eigenvalue weighted by atomic mass is 35.5. The van der Waals surface area contributed by atoms with Crippen molar-refractivity contribution in [2.75, 3.05) is 24.7 Å². The zero-order valence-corrected chi connectivity index (χ0v) is 22.3. The highest BCUT2D eigenvalue weighted by Gasteiger charge is 2.80. The Kier molecular flexibility index (Phi) is 7.57. The number of fused-ring (bicyclic) bond motifs is 1. The quantitative estimate of drug-likeness (QED) is 0.283. The summed E-state index contributed by atoms with van der Waals surface area (Å²) in [5, 5.41) is 10.4. The van der Waals surface area contributed by atoms with Gasteiger partial charge in [-0.1, -0.05) is 42.8 Å². The molecule has 0 aliphatic carbocycles. The number of aliphatic hydroxyl groups excluding tert-OH is 1. The van der Waals surface area contributed by atoms with Gasteiger partial charge < -0.3 is 24.4 Å². The molecule has 3 heterocycles. The molecule has 0 saturated carbocycles. The predicted molar refractivity (Wildman–Crippen MR) is 140 cm³/mol. The van der Waals surface area contributed by atoms with Crippen LogP contribution in [0.5, 0.6) is 0 Å². The van der Waals surface area contributed by atoms with Crippen LogP contribution in [0, 0.1) is 17.8 Å². The van der Waals surface area contributed by atoms with Gasteiger partial charge >= 0.3 is 5.97 Å². The topological polar surface area (TPSA) is 96.4 Å². The maximum Gasteiger partial charge on any atom is 0.312 e. The molecule has 3 fully saturated rings. The molecule has 2 bridgehead atoms. The van der Waals surface area contributed by atoms with E-state index in [1.807, 2.05) is 13.8 Å². The number of benzene rings is 1. The number of halogens is 1. The van der Waals surface area contributed by atoms with E-state index >= 15 is 0 Å². The second-order valence-corrected chi connectivity index (χ2v) is 10.8. The molecule has 2 amide bonds. The van der Waals surface area contributed by atoms with E-state index in [4.69, 9.17) is 21.1 Å². The van der Waals surface area contributed by atoms with Crippen LogP contribution in [0.3, 0.4) is 0 Å². The summed E-state index contributed by atoms with van der Waals surface area (Å²) in [4.78, 5) is 44.8. The molecule has 1 aromatic carbocycles. The van der Waals surface area contributed by atoms with Crippen LogP contribution in [0.25, 0.3) is 0 Å². The smallest absolute Gasteiger partial charge is 0.312 e. The molecule has 8 nitrogen and oxygen atoms in total. The van der Waals surface area contributed by atoms with Gasteiger partial charge in [0.15, 0.2) is 0 Å². The molecule has 3 saturated heterocycles. The third-order valence-corrected chi connectivity index (χ3v) is 8.59. The minimum absolute atomic E-state index is 0.124. The van der Waals surface area contributed by atoms with Crippen molar-refractivity contribution in [3.63, 3.8) is 0 Å². The van der Waals surface area contributed by atoms with E-state index in [2.05, 4.69) is 13.2 Å². The lowest BCUT2D eigenvalue weighted by Crippen LogP contribution is -2.58. The first-order valence-corrected chi connectivity index (χ1v) is 13.0. The van der Waals surface area contributed by atoms with Gasteiger partial charge in [-0.25, -0.2) is 0 Å².